The van der Waals surface area contributed by atoms with Crippen LogP contribution < -0.4 is 5.73 Å². The van der Waals surface area contributed by atoms with Gasteiger partial charge in [0.15, 0.2) is 0 Å². The van der Waals surface area contributed by atoms with Gasteiger partial charge in [-0.2, -0.15) is 0 Å². The predicted molar refractivity (Wildman–Crippen MR) is 101 cm³/mol. The highest BCUT2D eigenvalue weighted by atomic mass is 16.1. The Hall–Kier alpha value is -2.35. The zero-order valence-corrected chi connectivity index (χ0v) is 14.8. The van der Waals surface area contributed by atoms with E-state index in [-0.39, 0.29) is 22.2 Å². The van der Waals surface area contributed by atoms with Crippen LogP contribution in [0.5, 0.6) is 0 Å². The Morgan fingerprint density at radius 1 is 1.00 bits per heavy atom. The van der Waals surface area contributed by atoms with Crippen LogP contribution in [0.1, 0.15) is 30.4 Å². The van der Waals surface area contributed by atoms with E-state index in [0.29, 0.717) is 11.8 Å². The number of rotatable bonds is 4. The summed E-state index contributed by atoms with van der Waals surface area (Å²) in [6.45, 7) is 0. The standard InChI is InChI=1S/C24H23NO/c25-21(26)23-14-20-18(12-11-16-7-3-1-4-8-16)19-13-22(15-23,24(19,20)23)17-9-5-2-6-10-17/h1-10,12,19-20H,11,13-15H2,(H2,25,26)/b18-12+. The molecule has 0 saturated heterocycles. The molecule has 4 saturated carbocycles. The van der Waals surface area contributed by atoms with E-state index in [0.717, 1.165) is 19.3 Å². The Kier molecular flexibility index (Phi) is 2.55. The average Bonchev–Trinajstić information content (AvgIpc) is 2.61. The van der Waals surface area contributed by atoms with E-state index in [1.807, 2.05) is 0 Å². The number of amides is 1. The zero-order valence-electron chi connectivity index (χ0n) is 14.8. The highest BCUT2D eigenvalue weighted by molar-refractivity contribution is 5.89. The molecule has 0 radical (unpaired) electrons. The minimum absolute atomic E-state index is 0.0490. The third kappa shape index (κ3) is 1.29. The van der Waals surface area contributed by atoms with Crippen molar-refractivity contribution in [2.45, 2.75) is 31.1 Å². The maximum Gasteiger partial charge on any atom is 0.224 e. The monoisotopic (exact) mass is 341 g/mol. The molecule has 2 N–H and O–H groups in total. The molecule has 4 aliphatic rings. The van der Waals surface area contributed by atoms with Crippen molar-refractivity contribution in [3.63, 3.8) is 0 Å². The second-order valence-electron chi connectivity index (χ2n) is 8.85. The average molecular weight is 341 g/mol. The molecular formula is C24H23NO. The van der Waals surface area contributed by atoms with Crippen LogP contribution in [0.2, 0.25) is 0 Å². The molecule has 1 spiro atoms. The van der Waals surface area contributed by atoms with Crippen LogP contribution in [0.25, 0.3) is 0 Å². The summed E-state index contributed by atoms with van der Waals surface area (Å²) in [5, 5.41) is 0. The van der Waals surface area contributed by atoms with Gasteiger partial charge >= 0.3 is 0 Å². The van der Waals surface area contributed by atoms with Gasteiger partial charge in [0, 0.05) is 10.8 Å². The van der Waals surface area contributed by atoms with Gasteiger partial charge in [0.1, 0.15) is 0 Å². The number of nitrogens with two attached hydrogens (primary N) is 1. The number of hydrogen-bond acceptors (Lipinski definition) is 1. The summed E-state index contributed by atoms with van der Waals surface area (Å²) < 4.78 is 0. The highest BCUT2D eigenvalue weighted by Crippen LogP contribution is 2.98. The van der Waals surface area contributed by atoms with E-state index >= 15 is 0 Å². The Labute approximate surface area is 154 Å². The van der Waals surface area contributed by atoms with Crippen molar-refractivity contribution in [2.75, 3.05) is 0 Å². The van der Waals surface area contributed by atoms with E-state index < -0.39 is 0 Å². The van der Waals surface area contributed by atoms with Crippen molar-refractivity contribution in [1.82, 2.24) is 0 Å². The highest BCUT2D eigenvalue weighted by Gasteiger charge is 2.96. The lowest BCUT2D eigenvalue weighted by molar-refractivity contribution is -0.396. The fourth-order valence-electron chi connectivity index (χ4n) is 7.62. The van der Waals surface area contributed by atoms with Gasteiger partial charge in [-0.3, -0.25) is 4.79 Å². The zero-order chi connectivity index (χ0) is 17.6. The van der Waals surface area contributed by atoms with E-state index in [9.17, 15) is 4.79 Å². The van der Waals surface area contributed by atoms with Gasteiger partial charge in [-0.25, -0.2) is 0 Å². The number of carbonyl (C=O) groups is 1. The number of allylic oxidation sites excluding steroid dienone is 2. The van der Waals surface area contributed by atoms with Gasteiger partial charge in [-0.05, 0) is 48.6 Å². The summed E-state index contributed by atoms with van der Waals surface area (Å²) in [6, 6.07) is 21.5. The lowest BCUT2D eigenvalue weighted by Gasteiger charge is -2.95. The van der Waals surface area contributed by atoms with Crippen molar-refractivity contribution in [3.05, 3.63) is 83.4 Å². The molecule has 0 aromatic heterocycles. The van der Waals surface area contributed by atoms with Gasteiger partial charge in [0.25, 0.3) is 0 Å². The SMILES string of the molecule is NC(=O)C12CC3/C(=C/Cc4ccccc4)C4CC(c5ccccc5)(C1)C342. The normalized spacial score (nSPS) is 42.4. The summed E-state index contributed by atoms with van der Waals surface area (Å²) in [5.74, 6) is 1.10. The summed E-state index contributed by atoms with van der Waals surface area (Å²) in [5.41, 5.74) is 10.5. The molecule has 5 unspecified atom stereocenters. The number of benzene rings is 2. The van der Waals surface area contributed by atoms with Crippen molar-refractivity contribution >= 4 is 5.91 Å². The number of hydrogen-bond donors (Lipinski definition) is 1. The van der Waals surface area contributed by atoms with E-state index in [4.69, 9.17) is 5.73 Å². The second-order valence-corrected chi connectivity index (χ2v) is 8.85. The third-order valence-corrected chi connectivity index (χ3v) is 8.41. The summed E-state index contributed by atoms with van der Waals surface area (Å²) >= 11 is 0. The first kappa shape index (κ1) is 14.8. The summed E-state index contributed by atoms with van der Waals surface area (Å²) in [4.78, 5) is 12.4. The smallest absolute Gasteiger partial charge is 0.224 e. The van der Waals surface area contributed by atoms with Crippen LogP contribution in [-0.4, -0.2) is 5.91 Å². The lowest BCUT2D eigenvalue weighted by Crippen LogP contribution is -2.94. The topological polar surface area (TPSA) is 43.1 Å². The fourth-order valence-corrected chi connectivity index (χ4v) is 7.62. The Bertz CT molecular complexity index is 939. The molecule has 4 fully saturated rings. The largest absolute Gasteiger partial charge is 0.369 e. The molecule has 6 rings (SSSR count). The predicted octanol–water partition coefficient (Wildman–Crippen LogP) is 4.01. The van der Waals surface area contributed by atoms with Gasteiger partial charge in [0.05, 0.1) is 5.41 Å². The molecule has 4 aliphatic carbocycles. The molecule has 26 heavy (non-hydrogen) atoms. The third-order valence-electron chi connectivity index (χ3n) is 8.41. The van der Waals surface area contributed by atoms with Crippen LogP contribution in [0.15, 0.2) is 72.3 Å². The molecule has 2 aromatic carbocycles. The van der Waals surface area contributed by atoms with Crippen LogP contribution >= 0.6 is 0 Å². The van der Waals surface area contributed by atoms with Crippen LogP contribution in [0, 0.1) is 22.7 Å². The molecule has 0 bridgehead atoms. The van der Waals surface area contributed by atoms with Crippen molar-refractivity contribution in [3.8, 4) is 0 Å². The van der Waals surface area contributed by atoms with Crippen LogP contribution in [0.3, 0.4) is 0 Å². The summed E-state index contributed by atoms with van der Waals surface area (Å²) in [6.07, 6.45) is 6.60. The van der Waals surface area contributed by atoms with Gasteiger partial charge < -0.3 is 5.73 Å². The van der Waals surface area contributed by atoms with Crippen LogP contribution in [-0.2, 0) is 16.6 Å². The van der Waals surface area contributed by atoms with Gasteiger partial charge in [0.2, 0.25) is 5.91 Å². The van der Waals surface area contributed by atoms with E-state index in [1.165, 1.54) is 17.5 Å². The Morgan fingerprint density at radius 2 is 1.65 bits per heavy atom. The van der Waals surface area contributed by atoms with E-state index in [2.05, 4.69) is 66.7 Å². The maximum atomic E-state index is 12.4. The number of carbonyl (C=O) groups excluding carboxylic acids is 1. The summed E-state index contributed by atoms with van der Waals surface area (Å²) in [7, 11) is 0. The quantitative estimate of drug-likeness (QED) is 0.839. The molecule has 0 aliphatic heterocycles. The van der Waals surface area contributed by atoms with Crippen molar-refractivity contribution < 1.29 is 4.79 Å². The molecule has 2 aromatic rings. The fraction of sp³-hybridized carbons (Fsp3) is 0.375. The number of primary amides is 1. The van der Waals surface area contributed by atoms with Gasteiger partial charge in [-0.1, -0.05) is 72.3 Å². The molecule has 2 nitrogen and oxygen atoms in total. The molecule has 1 amide bonds. The minimum Gasteiger partial charge on any atom is -0.369 e. The molecule has 2 heteroatoms. The van der Waals surface area contributed by atoms with E-state index in [1.54, 1.807) is 5.57 Å². The first-order valence-corrected chi connectivity index (χ1v) is 9.75. The minimum atomic E-state index is -0.222. The molecule has 0 heterocycles. The first-order chi connectivity index (χ1) is 12.7. The first-order valence-electron chi connectivity index (χ1n) is 9.75. The second kappa shape index (κ2) is 4.49. The lowest BCUT2D eigenvalue weighted by atomic mass is 9.07. The van der Waals surface area contributed by atoms with Gasteiger partial charge in [-0.15, -0.1) is 0 Å². The Morgan fingerprint density at radius 3 is 2.31 bits per heavy atom. The maximum absolute atomic E-state index is 12.4. The van der Waals surface area contributed by atoms with Crippen molar-refractivity contribution in [2.24, 2.45) is 28.4 Å². The Balaban J connectivity index is 1.36. The van der Waals surface area contributed by atoms with Crippen molar-refractivity contribution in [1.29, 1.82) is 0 Å². The van der Waals surface area contributed by atoms with Crippen LogP contribution in [0.4, 0.5) is 0 Å². The molecule has 130 valence electrons. The molecule has 5 atom stereocenters. The molecular weight excluding hydrogens is 318 g/mol.